The van der Waals surface area contributed by atoms with E-state index in [9.17, 15) is 8.42 Å². The van der Waals surface area contributed by atoms with Crippen LogP contribution in [0.2, 0.25) is 0 Å². The van der Waals surface area contributed by atoms with E-state index in [1.807, 2.05) is 10.9 Å². The fourth-order valence-corrected chi connectivity index (χ4v) is 3.29. The van der Waals surface area contributed by atoms with Gasteiger partial charge in [0.15, 0.2) is 0 Å². The SMILES string of the molecule is NCc1cnn(C2CCS(=O)(=O)CC2)c1. The van der Waals surface area contributed by atoms with Crippen molar-refractivity contribution in [3.8, 4) is 0 Å². The van der Waals surface area contributed by atoms with Gasteiger partial charge in [-0.05, 0) is 12.8 Å². The Morgan fingerprint density at radius 3 is 2.67 bits per heavy atom. The molecule has 2 N–H and O–H groups in total. The van der Waals surface area contributed by atoms with Crippen molar-refractivity contribution in [3.05, 3.63) is 18.0 Å². The average Bonchev–Trinajstić information content (AvgIpc) is 2.66. The second-order valence-corrected chi connectivity index (χ2v) is 6.22. The zero-order chi connectivity index (χ0) is 10.9. The molecule has 0 aromatic carbocycles. The van der Waals surface area contributed by atoms with Crippen LogP contribution in [-0.4, -0.2) is 29.7 Å². The van der Waals surface area contributed by atoms with Crippen molar-refractivity contribution in [2.45, 2.75) is 25.4 Å². The fourth-order valence-electron chi connectivity index (χ4n) is 1.82. The molecule has 2 heterocycles. The van der Waals surface area contributed by atoms with Crippen LogP contribution in [0.1, 0.15) is 24.4 Å². The highest BCUT2D eigenvalue weighted by molar-refractivity contribution is 7.91. The van der Waals surface area contributed by atoms with E-state index in [2.05, 4.69) is 5.10 Å². The first-order valence-corrected chi connectivity index (χ1v) is 6.86. The zero-order valence-corrected chi connectivity index (χ0v) is 9.28. The first-order chi connectivity index (χ1) is 7.11. The molecule has 1 aliphatic rings. The van der Waals surface area contributed by atoms with Crippen molar-refractivity contribution in [2.75, 3.05) is 11.5 Å². The van der Waals surface area contributed by atoms with Gasteiger partial charge in [0.25, 0.3) is 0 Å². The van der Waals surface area contributed by atoms with Gasteiger partial charge in [-0.2, -0.15) is 5.10 Å². The molecule has 0 unspecified atom stereocenters. The van der Waals surface area contributed by atoms with Gasteiger partial charge < -0.3 is 5.73 Å². The molecule has 0 bridgehead atoms. The standard InChI is InChI=1S/C9H15N3O2S/c10-5-8-6-11-12(7-8)9-1-3-15(13,14)4-2-9/h6-7,9H,1-5,10H2. The summed E-state index contributed by atoms with van der Waals surface area (Å²) in [7, 11) is -2.79. The zero-order valence-electron chi connectivity index (χ0n) is 8.46. The van der Waals surface area contributed by atoms with Crippen LogP contribution in [0.4, 0.5) is 0 Å². The summed E-state index contributed by atoms with van der Waals surface area (Å²) in [6, 6.07) is 0.217. The summed E-state index contributed by atoms with van der Waals surface area (Å²) in [5, 5.41) is 4.20. The summed E-state index contributed by atoms with van der Waals surface area (Å²) < 4.78 is 24.3. The maximum atomic E-state index is 11.2. The number of sulfone groups is 1. The summed E-state index contributed by atoms with van der Waals surface area (Å²) >= 11 is 0. The largest absolute Gasteiger partial charge is 0.326 e. The van der Waals surface area contributed by atoms with Crippen LogP contribution in [0.3, 0.4) is 0 Å². The Kier molecular flexibility index (Phi) is 2.79. The quantitative estimate of drug-likeness (QED) is 0.779. The van der Waals surface area contributed by atoms with Gasteiger partial charge in [0.05, 0.1) is 23.7 Å². The summed E-state index contributed by atoms with van der Waals surface area (Å²) in [5.74, 6) is 0.547. The normalized spacial score (nSPS) is 21.7. The lowest BCUT2D eigenvalue weighted by molar-refractivity contribution is 0.413. The molecular weight excluding hydrogens is 214 g/mol. The minimum Gasteiger partial charge on any atom is -0.326 e. The highest BCUT2D eigenvalue weighted by atomic mass is 32.2. The molecule has 0 saturated carbocycles. The smallest absolute Gasteiger partial charge is 0.150 e. The predicted molar refractivity (Wildman–Crippen MR) is 57.0 cm³/mol. The third kappa shape index (κ3) is 2.38. The number of hydrogen-bond acceptors (Lipinski definition) is 4. The van der Waals surface area contributed by atoms with E-state index in [1.54, 1.807) is 6.20 Å². The number of hydrogen-bond donors (Lipinski definition) is 1. The Hall–Kier alpha value is -0.880. The Morgan fingerprint density at radius 2 is 2.13 bits per heavy atom. The number of rotatable bonds is 2. The van der Waals surface area contributed by atoms with Gasteiger partial charge in [0.2, 0.25) is 0 Å². The Labute approximate surface area is 89.2 Å². The van der Waals surface area contributed by atoms with E-state index in [-0.39, 0.29) is 17.5 Å². The summed E-state index contributed by atoms with van der Waals surface area (Å²) in [4.78, 5) is 0. The van der Waals surface area contributed by atoms with Crippen molar-refractivity contribution in [1.82, 2.24) is 9.78 Å². The summed E-state index contributed by atoms with van der Waals surface area (Å²) in [5.41, 5.74) is 6.48. The molecule has 5 nitrogen and oxygen atoms in total. The van der Waals surface area contributed by atoms with E-state index < -0.39 is 9.84 Å². The molecule has 1 aliphatic heterocycles. The molecule has 2 rings (SSSR count). The molecule has 6 heteroatoms. The van der Waals surface area contributed by atoms with Crippen molar-refractivity contribution in [1.29, 1.82) is 0 Å². The maximum Gasteiger partial charge on any atom is 0.150 e. The Bertz CT molecular complexity index is 424. The Morgan fingerprint density at radius 1 is 1.47 bits per heavy atom. The highest BCUT2D eigenvalue weighted by Gasteiger charge is 2.24. The van der Waals surface area contributed by atoms with Crippen molar-refractivity contribution in [2.24, 2.45) is 5.73 Å². The molecule has 15 heavy (non-hydrogen) atoms. The molecule has 0 atom stereocenters. The lowest BCUT2D eigenvalue weighted by atomic mass is 10.2. The monoisotopic (exact) mass is 229 g/mol. The minimum absolute atomic E-state index is 0.217. The van der Waals surface area contributed by atoms with Crippen LogP contribution in [0.5, 0.6) is 0 Å². The highest BCUT2D eigenvalue weighted by Crippen LogP contribution is 2.23. The van der Waals surface area contributed by atoms with Gasteiger partial charge in [-0.1, -0.05) is 0 Å². The average molecular weight is 229 g/mol. The first kappa shape index (κ1) is 10.6. The van der Waals surface area contributed by atoms with Crippen LogP contribution in [0.25, 0.3) is 0 Å². The number of aromatic nitrogens is 2. The molecule has 0 aliphatic carbocycles. The molecule has 0 spiro atoms. The second kappa shape index (κ2) is 3.94. The van der Waals surface area contributed by atoms with Gasteiger partial charge in [-0.3, -0.25) is 4.68 Å². The van der Waals surface area contributed by atoms with E-state index in [0.717, 1.165) is 5.56 Å². The van der Waals surface area contributed by atoms with Crippen molar-refractivity contribution in [3.63, 3.8) is 0 Å². The molecule has 1 fully saturated rings. The van der Waals surface area contributed by atoms with Crippen molar-refractivity contribution >= 4 is 9.84 Å². The van der Waals surface area contributed by atoms with Gasteiger partial charge >= 0.3 is 0 Å². The third-order valence-electron chi connectivity index (χ3n) is 2.79. The first-order valence-electron chi connectivity index (χ1n) is 5.04. The molecule has 1 saturated heterocycles. The van der Waals surface area contributed by atoms with Crippen LogP contribution in [0.15, 0.2) is 12.4 Å². The lowest BCUT2D eigenvalue weighted by Crippen LogP contribution is -2.25. The van der Waals surface area contributed by atoms with Crippen LogP contribution in [-0.2, 0) is 16.4 Å². The third-order valence-corrected chi connectivity index (χ3v) is 4.50. The van der Waals surface area contributed by atoms with E-state index in [4.69, 9.17) is 5.73 Å². The van der Waals surface area contributed by atoms with Crippen LogP contribution >= 0.6 is 0 Å². The predicted octanol–water partition coefficient (Wildman–Crippen LogP) is 0.0915. The summed E-state index contributed by atoms with van der Waals surface area (Å²) in [6.45, 7) is 0.477. The van der Waals surface area contributed by atoms with E-state index in [0.29, 0.717) is 19.4 Å². The molecule has 84 valence electrons. The lowest BCUT2D eigenvalue weighted by Gasteiger charge is -2.22. The molecule has 1 aromatic heterocycles. The molecule has 1 aromatic rings. The molecular formula is C9H15N3O2S. The van der Waals surface area contributed by atoms with Gasteiger partial charge in [-0.25, -0.2) is 8.42 Å². The Balaban J connectivity index is 2.07. The van der Waals surface area contributed by atoms with Crippen LogP contribution in [0, 0.1) is 0 Å². The molecule has 0 amide bonds. The van der Waals surface area contributed by atoms with Crippen molar-refractivity contribution < 1.29 is 8.42 Å². The minimum atomic E-state index is -2.79. The van der Waals surface area contributed by atoms with Crippen LogP contribution < -0.4 is 5.73 Å². The number of nitrogens with zero attached hydrogens (tertiary/aromatic N) is 2. The topological polar surface area (TPSA) is 78.0 Å². The van der Waals surface area contributed by atoms with Gasteiger partial charge in [0.1, 0.15) is 9.84 Å². The van der Waals surface area contributed by atoms with Gasteiger partial charge in [0, 0.05) is 18.3 Å². The van der Waals surface area contributed by atoms with E-state index in [1.165, 1.54) is 0 Å². The second-order valence-electron chi connectivity index (χ2n) is 3.92. The van der Waals surface area contributed by atoms with E-state index >= 15 is 0 Å². The maximum absolute atomic E-state index is 11.2. The summed E-state index contributed by atoms with van der Waals surface area (Å²) in [6.07, 6.45) is 4.97. The fraction of sp³-hybridized carbons (Fsp3) is 0.667. The number of nitrogens with two attached hydrogens (primary N) is 1. The molecule has 0 radical (unpaired) electrons. The van der Waals surface area contributed by atoms with Gasteiger partial charge in [-0.15, -0.1) is 0 Å².